The first-order valence-electron chi connectivity index (χ1n) is 11.7. The fraction of sp³-hybridized carbons (Fsp3) is 0.440. The molecule has 0 unspecified atom stereocenters. The van der Waals surface area contributed by atoms with Crippen LogP contribution in [0.25, 0.3) is 22.6 Å². The molecule has 2 saturated carbocycles. The van der Waals surface area contributed by atoms with Crippen molar-refractivity contribution in [1.82, 2.24) is 20.1 Å². The largest absolute Gasteiger partial charge is 0.445 e. The molecule has 2 atom stereocenters. The molecule has 194 valence electrons. The first kappa shape index (κ1) is 24.9. The third-order valence-corrected chi connectivity index (χ3v) is 6.85. The summed E-state index contributed by atoms with van der Waals surface area (Å²) < 4.78 is 74.5. The van der Waals surface area contributed by atoms with Crippen molar-refractivity contribution >= 4 is 5.91 Å². The molecular weight excluding hydrogens is 497 g/mol. The van der Waals surface area contributed by atoms with Crippen LogP contribution in [-0.2, 0) is 11.3 Å². The summed E-state index contributed by atoms with van der Waals surface area (Å²) >= 11 is 0. The van der Waals surface area contributed by atoms with Gasteiger partial charge in [0.1, 0.15) is 18.3 Å². The zero-order valence-corrected chi connectivity index (χ0v) is 19.4. The Kier molecular flexibility index (Phi) is 6.04. The fourth-order valence-corrected chi connectivity index (χ4v) is 4.81. The lowest BCUT2D eigenvalue weighted by atomic mass is 9.74. The standard InChI is InChI=1S/C25H22F5N5O2/c26-24(27)6-5-17(18(11-24)21(36)33-23(13-31)7-8-23)20-19(12-35(34-20)14-25(28,29)30)15-1-3-16(4-2-15)22-32-9-10-37-22/h1-4,9-10,12,17-18H,5-8,11,14H2,(H,33,36)/t17-,18-/m1/s1. The highest BCUT2D eigenvalue weighted by molar-refractivity contribution is 5.82. The molecule has 2 aliphatic rings. The predicted molar refractivity (Wildman–Crippen MR) is 120 cm³/mol. The van der Waals surface area contributed by atoms with Gasteiger partial charge in [-0.2, -0.15) is 23.5 Å². The third kappa shape index (κ3) is 5.35. The van der Waals surface area contributed by atoms with Gasteiger partial charge in [-0.3, -0.25) is 9.48 Å². The lowest BCUT2D eigenvalue weighted by molar-refractivity contribution is -0.142. The maximum atomic E-state index is 14.4. The topological polar surface area (TPSA) is 96.7 Å². The van der Waals surface area contributed by atoms with E-state index in [1.54, 1.807) is 24.3 Å². The molecule has 0 radical (unpaired) electrons. The molecule has 2 aromatic heterocycles. The molecule has 37 heavy (non-hydrogen) atoms. The van der Waals surface area contributed by atoms with Crippen LogP contribution in [0.2, 0.25) is 0 Å². The monoisotopic (exact) mass is 519 g/mol. The van der Waals surface area contributed by atoms with Crippen molar-refractivity contribution in [2.75, 3.05) is 0 Å². The molecule has 2 heterocycles. The molecule has 0 saturated heterocycles. The Morgan fingerprint density at radius 1 is 1.19 bits per heavy atom. The van der Waals surface area contributed by atoms with Crippen LogP contribution in [0.5, 0.6) is 0 Å². The molecule has 1 aromatic carbocycles. The van der Waals surface area contributed by atoms with Gasteiger partial charge in [0.15, 0.2) is 0 Å². The predicted octanol–water partition coefficient (Wildman–Crippen LogP) is 5.46. The summed E-state index contributed by atoms with van der Waals surface area (Å²) in [5.41, 5.74) is 0.538. The fourth-order valence-electron chi connectivity index (χ4n) is 4.81. The molecule has 0 bridgehead atoms. The van der Waals surface area contributed by atoms with Gasteiger partial charge in [0.25, 0.3) is 0 Å². The van der Waals surface area contributed by atoms with E-state index in [-0.39, 0.29) is 12.1 Å². The first-order valence-corrected chi connectivity index (χ1v) is 11.7. The number of nitrogens with zero attached hydrogens (tertiary/aromatic N) is 4. The first-order chi connectivity index (χ1) is 17.5. The summed E-state index contributed by atoms with van der Waals surface area (Å²) in [7, 11) is 0. The minimum absolute atomic E-state index is 0.144. The minimum Gasteiger partial charge on any atom is -0.445 e. The number of halogens is 5. The van der Waals surface area contributed by atoms with Crippen LogP contribution >= 0.6 is 0 Å². The van der Waals surface area contributed by atoms with E-state index in [4.69, 9.17) is 4.42 Å². The molecule has 7 nitrogen and oxygen atoms in total. The van der Waals surface area contributed by atoms with E-state index in [9.17, 15) is 32.0 Å². The molecule has 2 aliphatic carbocycles. The molecule has 0 spiro atoms. The molecule has 2 fully saturated rings. The number of hydrogen-bond acceptors (Lipinski definition) is 5. The van der Waals surface area contributed by atoms with Crippen molar-refractivity contribution in [2.45, 2.75) is 62.2 Å². The van der Waals surface area contributed by atoms with Crippen LogP contribution in [0.4, 0.5) is 22.0 Å². The van der Waals surface area contributed by atoms with Crippen molar-refractivity contribution in [1.29, 1.82) is 5.26 Å². The highest BCUT2D eigenvalue weighted by atomic mass is 19.4. The lowest BCUT2D eigenvalue weighted by Gasteiger charge is -2.35. The van der Waals surface area contributed by atoms with E-state index in [1.807, 2.05) is 6.07 Å². The number of oxazole rings is 1. The maximum absolute atomic E-state index is 14.4. The van der Waals surface area contributed by atoms with Gasteiger partial charge in [0.2, 0.25) is 17.7 Å². The van der Waals surface area contributed by atoms with Gasteiger partial charge in [0.05, 0.1) is 23.9 Å². The van der Waals surface area contributed by atoms with Crippen LogP contribution in [0.1, 0.15) is 43.7 Å². The zero-order chi connectivity index (χ0) is 26.4. The second kappa shape index (κ2) is 8.97. The average Bonchev–Trinajstić information content (AvgIpc) is 3.21. The third-order valence-electron chi connectivity index (χ3n) is 6.85. The Hall–Kier alpha value is -3.75. The van der Waals surface area contributed by atoms with Crippen molar-refractivity contribution in [2.24, 2.45) is 5.92 Å². The normalized spacial score (nSPS) is 22.3. The van der Waals surface area contributed by atoms with Crippen molar-refractivity contribution < 1.29 is 31.2 Å². The number of nitrogens with one attached hydrogen (secondary N) is 1. The van der Waals surface area contributed by atoms with Crippen LogP contribution in [0, 0.1) is 17.2 Å². The van der Waals surface area contributed by atoms with E-state index < -0.39 is 54.8 Å². The van der Waals surface area contributed by atoms with E-state index in [2.05, 4.69) is 15.4 Å². The van der Waals surface area contributed by atoms with Crippen LogP contribution in [0.15, 0.2) is 47.3 Å². The Labute approximate surface area is 208 Å². The molecule has 12 heteroatoms. The van der Waals surface area contributed by atoms with Gasteiger partial charge in [-0.25, -0.2) is 13.8 Å². The highest BCUT2D eigenvalue weighted by Crippen LogP contribution is 2.48. The number of carbonyl (C=O) groups excluding carboxylic acids is 1. The summed E-state index contributed by atoms with van der Waals surface area (Å²) in [6.07, 6.45) is -1.06. The number of rotatable bonds is 6. The molecule has 3 aromatic rings. The van der Waals surface area contributed by atoms with E-state index in [0.717, 1.165) is 4.68 Å². The van der Waals surface area contributed by atoms with Crippen LogP contribution < -0.4 is 5.32 Å². The maximum Gasteiger partial charge on any atom is 0.408 e. The van der Waals surface area contributed by atoms with E-state index in [1.165, 1.54) is 18.7 Å². The highest BCUT2D eigenvalue weighted by Gasteiger charge is 2.51. The summed E-state index contributed by atoms with van der Waals surface area (Å²) in [6.45, 7) is -1.37. The van der Waals surface area contributed by atoms with Gasteiger partial charge >= 0.3 is 6.18 Å². The van der Waals surface area contributed by atoms with Crippen molar-refractivity contribution in [3.8, 4) is 28.7 Å². The lowest BCUT2D eigenvalue weighted by Crippen LogP contribution is -2.45. The zero-order valence-electron chi connectivity index (χ0n) is 19.4. The minimum atomic E-state index is -4.56. The second-order valence-electron chi connectivity index (χ2n) is 9.65. The summed E-state index contributed by atoms with van der Waals surface area (Å²) in [4.78, 5) is 17.2. The number of benzene rings is 1. The molecule has 5 rings (SSSR count). The van der Waals surface area contributed by atoms with Crippen LogP contribution in [0.3, 0.4) is 0 Å². The van der Waals surface area contributed by atoms with Crippen molar-refractivity contribution in [3.63, 3.8) is 0 Å². The van der Waals surface area contributed by atoms with Gasteiger partial charge < -0.3 is 9.73 Å². The van der Waals surface area contributed by atoms with Gasteiger partial charge in [0, 0.05) is 36.1 Å². The quantitative estimate of drug-likeness (QED) is 0.437. The number of amides is 1. The van der Waals surface area contributed by atoms with E-state index in [0.29, 0.717) is 35.4 Å². The van der Waals surface area contributed by atoms with Crippen molar-refractivity contribution in [3.05, 3.63) is 48.6 Å². The number of aromatic nitrogens is 3. The SMILES string of the molecule is N#CC1(NC(=O)[C@@H]2CC(F)(F)CC[C@H]2c2nn(CC(F)(F)F)cc2-c2ccc(-c3ncco3)cc2)CC1. The average molecular weight is 519 g/mol. The van der Waals surface area contributed by atoms with Gasteiger partial charge in [-0.15, -0.1) is 0 Å². The summed E-state index contributed by atoms with van der Waals surface area (Å²) in [6, 6.07) is 8.66. The Bertz CT molecular complexity index is 1320. The summed E-state index contributed by atoms with van der Waals surface area (Å²) in [5, 5.41) is 16.1. The Balaban J connectivity index is 1.53. The number of hydrogen-bond donors (Lipinski definition) is 1. The molecular formula is C25H22F5N5O2. The Morgan fingerprint density at radius 2 is 1.89 bits per heavy atom. The van der Waals surface area contributed by atoms with Gasteiger partial charge in [-0.1, -0.05) is 12.1 Å². The Morgan fingerprint density at radius 3 is 2.49 bits per heavy atom. The molecule has 1 N–H and O–H groups in total. The summed E-state index contributed by atoms with van der Waals surface area (Å²) in [5.74, 6) is -5.58. The number of carbonyl (C=O) groups is 1. The molecule has 1 amide bonds. The van der Waals surface area contributed by atoms with E-state index >= 15 is 0 Å². The second-order valence-corrected chi connectivity index (χ2v) is 9.65. The number of alkyl halides is 5. The number of nitriles is 1. The molecule has 0 aliphatic heterocycles. The van der Waals surface area contributed by atoms with Crippen LogP contribution in [-0.4, -0.2) is 38.3 Å². The van der Waals surface area contributed by atoms with Gasteiger partial charge in [-0.05, 0) is 37.0 Å². The smallest absolute Gasteiger partial charge is 0.408 e.